The lowest BCUT2D eigenvalue weighted by Crippen LogP contribution is -2.22. The number of nitrogens with zero attached hydrogens (tertiary/aromatic N) is 3. The number of aromatic nitrogens is 5. The minimum absolute atomic E-state index is 0.190. The molecule has 0 fully saturated rings. The van der Waals surface area contributed by atoms with Crippen LogP contribution in [0.3, 0.4) is 0 Å². The van der Waals surface area contributed by atoms with Crippen molar-refractivity contribution in [3.05, 3.63) is 74.6 Å². The predicted molar refractivity (Wildman–Crippen MR) is 91.1 cm³/mol. The number of rotatable bonds is 2. The van der Waals surface area contributed by atoms with Gasteiger partial charge in [0.05, 0.1) is 22.8 Å². The van der Waals surface area contributed by atoms with E-state index in [0.29, 0.717) is 22.4 Å². The quantitative estimate of drug-likeness (QED) is 0.590. The van der Waals surface area contributed by atoms with Crippen LogP contribution in [0.5, 0.6) is 0 Å². The van der Waals surface area contributed by atoms with Gasteiger partial charge in [-0.1, -0.05) is 18.2 Å². The van der Waals surface area contributed by atoms with Gasteiger partial charge in [-0.3, -0.25) is 24.4 Å². The van der Waals surface area contributed by atoms with E-state index >= 15 is 0 Å². The Balaban J connectivity index is 2.08. The molecule has 7 nitrogen and oxygen atoms in total. The second-order valence-corrected chi connectivity index (χ2v) is 5.67. The molecule has 0 atom stereocenters. The molecule has 7 heteroatoms. The monoisotopic (exact) mass is 321 g/mol. The fourth-order valence-electron chi connectivity index (χ4n) is 3.03. The number of hydrogen-bond donors (Lipinski definition) is 2. The summed E-state index contributed by atoms with van der Waals surface area (Å²) in [6.07, 6.45) is 1.56. The molecule has 2 N–H and O–H groups in total. The van der Waals surface area contributed by atoms with E-state index in [0.717, 1.165) is 11.3 Å². The Kier molecular flexibility index (Phi) is 3.02. The fraction of sp³-hybridized carbons (Fsp3) is 0.118. The molecule has 1 aromatic carbocycles. The molecule has 3 heterocycles. The molecule has 4 rings (SSSR count). The average Bonchev–Trinajstić information content (AvgIpc) is 3.16. The number of aryl methyl sites for hydroxylation is 2. The van der Waals surface area contributed by atoms with E-state index in [1.54, 1.807) is 19.2 Å². The first-order chi connectivity index (χ1) is 11.6. The van der Waals surface area contributed by atoms with Crippen molar-refractivity contribution in [2.75, 3.05) is 0 Å². The third-order valence-electron chi connectivity index (χ3n) is 4.19. The van der Waals surface area contributed by atoms with Gasteiger partial charge >= 0.3 is 0 Å². The van der Waals surface area contributed by atoms with Crippen LogP contribution >= 0.6 is 0 Å². The first-order valence-corrected chi connectivity index (χ1v) is 7.51. The molecular weight excluding hydrogens is 306 g/mol. The van der Waals surface area contributed by atoms with E-state index < -0.39 is 0 Å². The number of aromatic amines is 2. The van der Waals surface area contributed by atoms with Crippen molar-refractivity contribution in [2.24, 2.45) is 0 Å². The summed E-state index contributed by atoms with van der Waals surface area (Å²) < 4.78 is 2.93. The van der Waals surface area contributed by atoms with Crippen molar-refractivity contribution in [1.82, 2.24) is 24.5 Å². The molecule has 24 heavy (non-hydrogen) atoms. The zero-order valence-electron chi connectivity index (χ0n) is 13.2. The largest absolute Gasteiger partial charge is 0.290 e. The van der Waals surface area contributed by atoms with Crippen LogP contribution in [-0.4, -0.2) is 24.5 Å². The molecule has 3 aromatic heterocycles. The third-order valence-corrected chi connectivity index (χ3v) is 4.19. The van der Waals surface area contributed by atoms with Crippen LogP contribution in [0, 0.1) is 13.8 Å². The first-order valence-electron chi connectivity index (χ1n) is 7.51. The Hall–Kier alpha value is -3.35. The van der Waals surface area contributed by atoms with Gasteiger partial charge in [-0.2, -0.15) is 5.10 Å². The molecule has 0 bridgehead atoms. The number of pyridine rings is 1. The van der Waals surface area contributed by atoms with Crippen LogP contribution < -0.4 is 11.1 Å². The average molecular weight is 321 g/mol. The molecule has 0 aliphatic rings. The molecule has 0 amide bonds. The highest BCUT2D eigenvalue weighted by Crippen LogP contribution is 2.17. The number of para-hydroxylation sites is 1. The van der Waals surface area contributed by atoms with Crippen LogP contribution in [0.15, 0.2) is 52.2 Å². The first kappa shape index (κ1) is 14.3. The topological polar surface area (TPSA) is 88.5 Å². The maximum absolute atomic E-state index is 12.9. The molecule has 120 valence electrons. The predicted octanol–water partition coefficient (Wildman–Crippen LogP) is 1.81. The van der Waals surface area contributed by atoms with E-state index in [2.05, 4.69) is 15.3 Å². The third kappa shape index (κ3) is 1.95. The van der Waals surface area contributed by atoms with E-state index in [4.69, 9.17) is 0 Å². The SMILES string of the molecule is Cc1ccccc1-n1[nH]c2cc(=O)n(-c3ccn[nH]3)c(C)c2c1=O. The Bertz CT molecular complexity index is 1160. The zero-order valence-corrected chi connectivity index (χ0v) is 13.2. The Morgan fingerprint density at radius 3 is 2.58 bits per heavy atom. The summed E-state index contributed by atoms with van der Waals surface area (Å²) in [6, 6.07) is 10.7. The second-order valence-electron chi connectivity index (χ2n) is 5.67. The van der Waals surface area contributed by atoms with E-state index in [9.17, 15) is 9.59 Å². The van der Waals surface area contributed by atoms with Gasteiger partial charge in [-0.15, -0.1) is 0 Å². The van der Waals surface area contributed by atoms with Crippen LogP contribution in [0.4, 0.5) is 0 Å². The van der Waals surface area contributed by atoms with Crippen LogP contribution in [0.2, 0.25) is 0 Å². The molecule has 4 aromatic rings. The summed E-state index contributed by atoms with van der Waals surface area (Å²) in [7, 11) is 0. The summed E-state index contributed by atoms with van der Waals surface area (Å²) in [5.41, 5.74) is 2.38. The van der Waals surface area contributed by atoms with Gasteiger partial charge < -0.3 is 0 Å². The van der Waals surface area contributed by atoms with E-state index in [-0.39, 0.29) is 11.1 Å². The van der Waals surface area contributed by atoms with Crippen LogP contribution in [-0.2, 0) is 0 Å². The van der Waals surface area contributed by atoms with Gasteiger partial charge in [-0.25, -0.2) is 4.68 Å². The highest BCUT2D eigenvalue weighted by atomic mass is 16.1. The van der Waals surface area contributed by atoms with Crippen molar-refractivity contribution >= 4 is 10.9 Å². The Morgan fingerprint density at radius 1 is 1.08 bits per heavy atom. The summed E-state index contributed by atoms with van der Waals surface area (Å²) in [4.78, 5) is 25.4. The van der Waals surface area contributed by atoms with Crippen LogP contribution in [0.1, 0.15) is 11.3 Å². The lowest BCUT2D eigenvalue weighted by molar-refractivity contribution is 0.856. The maximum Gasteiger partial charge on any atom is 0.280 e. The molecule has 0 aliphatic carbocycles. The Morgan fingerprint density at radius 2 is 1.88 bits per heavy atom. The van der Waals surface area contributed by atoms with Gasteiger partial charge in [0.1, 0.15) is 5.82 Å². The number of nitrogens with one attached hydrogen (secondary N) is 2. The lowest BCUT2D eigenvalue weighted by atomic mass is 10.2. The second kappa shape index (κ2) is 5.09. The number of fused-ring (bicyclic) bond motifs is 1. The number of hydrogen-bond acceptors (Lipinski definition) is 3. The van der Waals surface area contributed by atoms with Gasteiger partial charge in [0.2, 0.25) is 0 Å². The lowest BCUT2D eigenvalue weighted by Gasteiger charge is -2.06. The van der Waals surface area contributed by atoms with Crippen LogP contribution in [0.25, 0.3) is 22.4 Å². The van der Waals surface area contributed by atoms with Gasteiger partial charge in [0.15, 0.2) is 0 Å². The summed E-state index contributed by atoms with van der Waals surface area (Å²) >= 11 is 0. The molecular formula is C17H15N5O2. The fourth-order valence-corrected chi connectivity index (χ4v) is 3.03. The highest BCUT2D eigenvalue weighted by molar-refractivity contribution is 5.81. The van der Waals surface area contributed by atoms with Gasteiger partial charge in [0, 0.05) is 17.8 Å². The van der Waals surface area contributed by atoms with Crippen molar-refractivity contribution < 1.29 is 0 Å². The zero-order chi connectivity index (χ0) is 16.8. The standard InChI is InChI=1S/C17H15N5O2/c1-10-5-3-4-6-13(10)22-17(24)16-11(2)21(14-7-8-18-19-14)15(23)9-12(16)20-22/h3-9,20H,1-2H3,(H,18,19). The van der Waals surface area contributed by atoms with Crippen molar-refractivity contribution in [3.63, 3.8) is 0 Å². The molecule has 0 spiro atoms. The minimum atomic E-state index is -0.234. The summed E-state index contributed by atoms with van der Waals surface area (Å²) in [5.74, 6) is 0.530. The molecule has 0 aliphatic heterocycles. The number of H-pyrrole nitrogens is 2. The minimum Gasteiger partial charge on any atom is -0.290 e. The molecule has 0 unspecified atom stereocenters. The van der Waals surface area contributed by atoms with Crippen molar-refractivity contribution in [1.29, 1.82) is 0 Å². The normalized spacial score (nSPS) is 11.2. The molecule has 0 radical (unpaired) electrons. The van der Waals surface area contributed by atoms with Gasteiger partial charge in [0.25, 0.3) is 11.1 Å². The molecule has 0 saturated heterocycles. The summed E-state index contributed by atoms with van der Waals surface area (Å²) in [5, 5.41) is 10.2. The van der Waals surface area contributed by atoms with E-state index in [1.165, 1.54) is 15.3 Å². The maximum atomic E-state index is 12.9. The smallest absolute Gasteiger partial charge is 0.280 e. The molecule has 0 saturated carbocycles. The Labute approximate surface area is 136 Å². The highest BCUT2D eigenvalue weighted by Gasteiger charge is 2.17. The van der Waals surface area contributed by atoms with Gasteiger partial charge in [-0.05, 0) is 25.5 Å². The number of benzene rings is 1. The van der Waals surface area contributed by atoms with Crippen molar-refractivity contribution in [3.8, 4) is 11.5 Å². The summed E-state index contributed by atoms with van der Waals surface area (Å²) in [6.45, 7) is 3.69. The van der Waals surface area contributed by atoms with E-state index in [1.807, 2.05) is 31.2 Å². The van der Waals surface area contributed by atoms with Crippen molar-refractivity contribution in [2.45, 2.75) is 13.8 Å².